The number of anilines is 2. The van der Waals surface area contributed by atoms with Crippen LogP contribution in [-0.4, -0.2) is 81.3 Å². The van der Waals surface area contributed by atoms with Gasteiger partial charge in [-0.25, -0.2) is 0 Å². The molecule has 4 aromatic rings. The summed E-state index contributed by atoms with van der Waals surface area (Å²) in [5.74, 6) is -1.72. The normalized spacial score (nSPS) is 21.4. The van der Waals surface area contributed by atoms with Crippen LogP contribution < -0.4 is 20.7 Å². The number of imide groups is 2. The molecule has 294 valence electrons. The van der Waals surface area contributed by atoms with Crippen LogP contribution in [0.3, 0.4) is 0 Å². The van der Waals surface area contributed by atoms with E-state index in [0.717, 1.165) is 59.8 Å². The van der Waals surface area contributed by atoms with Gasteiger partial charge >= 0.3 is 0 Å². The van der Waals surface area contributed by atoms with Crippen LogP contribution in [0.15, 0.2) is 85.2 Å². The summed E-state index contributed by atoms with van der Waals surface area (Å²) in [7, 11) is 0. The molecule has 2 saturated heterocycles. The fourth-order valence-corrected chi connectivity index (χ4v) is 8.77. The molecule has 4 aliphatic rings. The van der Waals surface area contributed by atoms with E-state index in [0.29, 0.717) is 31.8 Å². The van der Waals surface area contributed by atoms with E-state index in [1.165, 1.54) is 11.1 Å². The van der Waals surface area contributed by atoms with Crippen molar-refractivity contribution in [3.05, 3.63) is 107 Å². The van der Waals surface area contributed by atoms with Crippen LogP contribution in [0.25, 0.3) is 11.1 Å². The second-order valence-corrected chi connectivity index (χ2v) is 15.2. The van der Waals surface area contributed by atoms with E-state index in [4.69, 9.17) is 4.74 Å². The molecule has 1 aromatic heterocycles. The number of fused-ring (bicyclic) bond motifs is 4. The Labute approximate surface area is 330 Å². The van der Waals surface area contributed by atoms with Crippen molar-refractivity contribution in [3.63, 3.8) is 0 Å². The Morgan fingerprint density at radius 3 is 2.53 bits per heavy atom. The van der Waals surface area contributed by atoms with Crippen LogP contribution in [0.4, 0.5) is 11.4 Å². The molecule has 5 heterocycles. The summed E-state index contributed by atoms with van der Waals surface area (Å²) >= 11 is 0. The second-order valence-electron chi connectivity index (χ2n) is 15.2. The number of piperidine rings is 1. The lowest BCUT2D eigenvalue weighted by molar-refractivity contribution is -0.136. The van der Waals surface area contributed by atoms with Crippen LogP contribution in [0, 0.1) is 5.92 Å². The number of ether oxygens (including phenoxy) is 1. The third-order valence-corrected chi connectivity index (χ3v) is 11.6. The molecule has 0 aliphatic carbocycles. The van der Waals surface area contributed by atoms with E-state index in [9.17, 15) is 29.1 Å². The number of unbranched alkanes of at least 4 members (excludes halogenated alkanes) is 3. The summed E-state index contributed by atoms with van der Waals surface area (Å²) in [6.45, 7) is 2.17. The van der Waals surface area contributed by atoms with Crippen molar-refractivity contribution >= 4 is 40.9 Å². The van der Waals surface area contributed by atoms with E-state index in [-0.39, 0.29) is 54.3 Å². The molecule has 13 heteroatoms. The van der Waals surface area contributed by atoms with Crippen LogP contribution in [0.2, 0.25) is 0 Å². The van der Waals surface area contributed by atoms with Gasteiger partial charge in [0, 0.05) is 55.1 Å². The number of hydrogen-bond acceptors (Lipinski definition) is 10. The largest absolute Gasteiger partial charge is 0.493 e. The molecule has 0 radical (unpaired) electrons. The third-order valence-electron chi connectivity index (χ3n) is 11.6. The highest BCUT2D eigenvalue weighted by atomic mass is 16.5. The van der Waals surface area contributed by atoms with Gasteiger partial charge in [0.05, 0.1) is 30.4 Å². The molecular weight excluding hydrogens is 725 g/mol. The third kappa shape index (κ3) is 7.90. The molecule has 0 bridgehead atoms. The number of aliphatic hydroxyl groups excluding tert-OH is 1. The Hall–Kier alpha value is -5.92. The minimum Gasteiger partial charge on any atom is -0.493 e. The van der Waals surface area contributed by atoms with Crippen molar-refractivity contribution < 1.29 is 33.8 Å². The molecule has 8 rings (SSSR count). The lowest BCUT2D eigenvalue weighted by atomic mass is 9.82. The minimum absolute atomic E-state index is 0.000512. The van der Waals surface area contributed by atoms with Gasteiger partial charge in [-0.3, -0.25) is 44.1 Å². The molecule has 0 spiro atoms. The van der Waals surface area contributed by atoms with E-state index >= 15 is 0 Å². The average molecular weight is 771 g/mol. The lowest BCUT2D eigenvalue weighted by Crippen LogP contribution is -2.54. The summed E-state index contributed by atoms with van der Waals surface area (Å²) in [5, 5.41) is 19.1. The van der Waals surface area contributed by atoms with Gasteiger partial charge < -0.3 is 20.5 Å². The highest BCUT2D eigenvalue weighted by Crippen LogP contribution is 2.48. The van der Waals surface area contributed by atoms with Gasteiger partial charge in [0.15, 0.2) is 0 Å². The van der Waals surface area contributed by atoms with Gasteiger partial charge in [-0.2, -0.15) is 0 Å². The predicted molar refractivity (Wildman–Crippen MR) is 212 cm³/mol. The average Bonchev–Trinajstić information content (AvgIpc) is 3.75. The maximum Gasteiger partial charge on any atom is 0.266 e. The van der Waals surface area contributed by atoms with Gasteiger partial charge in [-0.05, 0) is 103 Å². The standard InChI is InChI=1S/C44H46N6O7/c51-26-35-31-18-21-49(25-27-16-19-45-20-17-27)41(31)33-24-29(12-13-34(33)47-35)28-7-5-8-30(23-28)46-38(52)11-3-1-2-4-22-57-37-10-6-9-32-40(37)44(56)50(43(32)55)36-14-15-39(53)48-42(36)54/h5-10,12-13,16-17,19-20,23-24,31,35-36,41,47,51H,1-4,11,14-15,18,21-22,25-26H2,(H,46,52)(H,48,53,54)/t31-,35-,36?,41-/m1/s1. The van der Waals surface area contributed by atoms with Gasteiger partial charge in [0.1, 0.15) is 11.8 Å². The predicted octanol–water partition coefficient (Wildman–Crippen LogP) is 5.47. The number of aromatic nitrogens is 1. The number of benzene rings is 3. The number of rotatable bonds is 14. The first-order valence-electron chi connectivity index (χ1n) is 19.8. The summed E-state index contributed by atoms with van der Waals surface area (Å²) in [6, 6.07) is 22.4. The Balaban J connectivity index is 0.819. The molecule has 1 unspecified atom stereocenters. The number of carbonyl (C=O) groups excluding carboxylic acids is 5. The zero-order chi connectivity index (χ0) is 39.5. The monoisotopic (exact) mass is 770 g/mol. The highest BCUT2D eigenvalue weighted by Gasteiger charge is 2.46. The number of amides is 5. The van der Waals surface area contributed by atoms with E-state index in [1.54, 1.807) is 18.2 Å². The minimum atomic E-state index is -1.03. The molecule has 4 N–H and O–H groups in total. The summed E-state index contributed by atoms with van der Waals surface area (Å²) in [4.78, 5) is 70.9. The van der Waals surface area contributed by atoms with Gasteiger partial charge in [0.25, 0.3) is 11.8 Å². The van der Waals surface area contributed by atoms with Crippen molar-refractivity contribution in [1.82, 2.24) is 20.1 Å². The van der Waals surface area contributed by atoms with E-state index < -0.39 is 29.7 Å². The summed E-state index contributed by atoms with van der Waals surface area (Å²) < 4.78 is 5.94. The highest BCUT2D eigenvalue weighted by molar-refractivity contribution is 6.24. The topological polar surface area (TPSA) is 170 Å². The van der Waals surface area contributed by atoms with Crippen molar-refractivity contribution in [2.45, 2.75) is 76.0 Å². The maximum absolute atomic E-state index is 13.3. The lowest BCUT2D eigenvalue weighted by Gasteiger charge is -2.39. The number of carbonyl (C=O) groups is 5. The molecule has 5 amide bonds. The number of likely N-dealkylation sites (tertiary alicyclic amines) is 1. The Bertz CT molecular complexity index is 2190. The van der Waals surface area contributed by atoms with Crippen molar-refractivity contribution in [3.8, 4) is 16.9 Å². The second kappa shape index (κ2) is 16.7. The number of aliphatic hydroxyl groups is 1. The molecule has 0 saturated carbocycles. The first-order valence-corrected chi connectivity index (χ1v) is 19.8. The van der Waals surface area contributed by atoms with Crippen molar-refractivity contribution in [2.75, 3.05) is 30.4 Å². The van der Waals surface area contributed by atoms with Crippen molar-refractivity contribution in [1.29, 1.82) is 0 Å². The summed E-state index contributed by atoms with van der Waals surface area (Å²) in [6.07, 6.45) is 8.18. The van der Waals surface area contributed by atoms with Crippen molar-refractivity contribution in [2.24, 2.45) is 5.92 Å². The number of nitrogens with zero attached hydrogens (tertiary/aromatic N) is 3. The molecule has 13 nitrogen and oxygen atoms in total. The van der Waals surface area contributed by atoms with E-state index in [1.807, 2.05) is 30.6 Å². The number of pyridine rings is 1. The zero-order valence-corrected chi connectivity index (χ0v) is 31.6. The van der Waals surface area contributed by atoms with Gasteiger partial charge in [0.2, 0.25) is 17.7 Å². The quantitative estimate of drug-likeness (QED) is 0.0953. The fraction of sp³-hybridized carbons (Fsp3) is 0.364. The Morgan fingerprint density at radius 2 is 1.70 bits per heavy atom. The van der Waals surface area contributed by atoms with Crippen LogP contribution in [-0.2, 0) is 20.9 Å². The van der Waals surface area contributed by atoms with Gasteiger partial charge in [-0.15, -0.1) is 0 Å². The molecule has 57 heavy (non-hydrogen) atoms. The van der Waals surface area contributed by atoms with Crippen LogP contribution in [0.1, 0.15) is 89.3 Å². The van der Waals surface area contributed by atoms with Crippen LogP contribution in [0.5, 0.6) is 5.75 Å². The van der Waals surface area contributed by atoms with Gasteiger partial charge in [-0.1, -0.05) is 37.1 Å². The number of hydrogen-bond donors (Lipinski definition) is 4. The molecule has 4 atom stereocenters. The maximum atomic E-state index is 13.3. The molecule has 4 aliphatic heterocycles. The zero-order valence-electron chi connectivity index (χ0n) is 31.6. The Morgan fingerprint density at radius 1 is 0.895 bits per heavy atom. The smallest absolute Gasteiger partial charge is 0.266 e. The molecular formula is C44H46N6O7. The van der Waals surface area contributed by atoms with E-state index in [2.05, 4.69) is 62.2 Å². The first kappa shape index (κ1) is 38.0. The molecule has 3 aromatic carbocycles. The molecule has 2 fully saturated rings. The fourth-order valence-electron chi connectivity index (χ4n) is 8.77. The SMILES string of the molecule is O=C1CCC(N2C(=O)c3cccc(OCCCCCCC(=O)Nc4cccc(-c5ccc6c(c5)[C@H]5[C@H](CCN5Cc5ccncc5)[C@@H](CO)N6)c4)c3C2=O)C(=O)N1. The van der Waals surface area contributed by atoms with Crippen LogP contribution >= 0.6 is 0 Å². The first-order chi connectivity index (χ1) is 27.8. The Kier molecular flexibility index (Phi) is 11.1. The summed E-state index contributed by atoms with van der Waals surface area (Å²) in [5.41, 5.74) is 6.61. The number of nitrogens with one attached hydrogen (secondary N) is 3.